The van der Waals surface area contributed by atoms with Crippen LogP contribution in [0.2, 0.25) is 0 Å². The molecule has 2 rings (SSSR count). The second kappa shape index (κ2) is 5.06. The van der Waals surface area contributed by atoms with Crippen molar-refractivity contribution in [1.29, 1.82) is 0 Å². The molecule has 3 atom stereocenters. The van der Waals surface area contributed by atoms with Crippen LogP contribution in [0, 0.1) is 11.8 Å². The van der Waals surface area contributed by atoms with Gasteiger partial charge in [0.2, 0.25) is 5.75 Å². The van der Waals surface area contributed by atoms with E-state index in [-0.39, 0.29) is 11.5 Å². The third-order valence-electron chi connectivity index (χ3n) is 4.23. The molecule has 1 fully saturated rings. The molecule has 0 heterocycles. The van der Waals surface area contributed by atoms with E-state index in [1.807, 2.05) is 0 Å². The van der Waals surface area contributed by atoms with Crippen LogP contribution in [0.5, 0.6) is 17.2 Å². The average Bonchev–Trinajstić information content (AvgIpc) is 2.67. The molecule has 4 nitrogen and oxygen atoms in total. The minimum absolute atomic E-state index is 0.235. The molecule has 1 aromatic rings. The molecule has 0 spiro atoms. The molecule has 4 N–H and O–H groups in total. The SMILES string of the molecule is CC1CCC(NCc2ccc(O)c(O)c2O)C1C. The minimum Gasteiger partial charge on any atom is -0.504 e. The predicted molar refractivity (Wildman–Crippen MR) is 69.6 cm³/mol. The van der Waals surface area contributed by atoms with Gasteiger partial charge >= 0.3 is 0 Å². The zero-order valence-corrected chi connectivity index (χ0v) is 10.8. The van der Waals surface area contributed by atoms with Gasteiger partial charge in [0.25, 0.3) is 0 Å². The summed E-state index contributed by atoms with van der Waals surface area (Å²) in [6.45, 7) is 5.00. The molecule has 0 bridgehead atoms. The van der Waals surface area contributed by atoms with Crippen LogP contribution in [0.25, 0.3) is 0 Å². The monoisotopic (exact) mass is 251 g/mol. The Morgan fingerprint density at radius 3 is 2.44 bits per heavy atom. The molecule has 0 radical (unpaired) electrons. The van der Waals surface area contributed by atoms with Crippen molar-refractivity contribution in [3.63, 3.8) is 0 Å². The van der Waals surface area contributed by atoms with Crippen molar-refractivity contribution in [2.45, 2.75) is 39.3 Å². The lowest BCUT2D eigenvalue weighted by Gasteiger charge is -2.20. The second-order valence-electron chi connectivity index (χ2n) is 5.34. The van der Waals surface area contributed by atoms with Crippen LogP contribution in [-0.4, -0.2) is 21.4 Å². The minimum atomic E-state index is -0.442. The van der Waals surface area contributed by atoms with E-state index in [1.54, 1.807) is 6.07 Å². The molecular formula is C14H21NO3. The topological polar surface area (TPSA) is 72.7 Å². The van der Waals surface area contributed by atoms with Crippen molar-refractivity contribution in [3.05, 3.63) is 17.7 Å². The Morgan fingerprint density at radius 1 is 1.11 bits per heavy atom. The Balaban J connectivity index is 2.01. The first-order valence-electron chi connectivity index (χ1n) is 6.47. The van der Waals surface area contributed by atoms with Gasteiger partial charge in [0.1, 0.15) is 0 Å². The van der Waals surface area contributed by atoms with E-state index in [1.165, 1.54) is 12.5 Å². The van der Waals surface area contributed by atoms with Gasteiger partial charge in [-0.05, 0) is 30.7 Å². The number of benzene rings is 1. The molecule has 0 aromatic heterocycles. The Kier molecular flexibility index (Phi) is 3.66. The van der Waals surface area contributed by atoms with Crippen molar-refractivity contribution in [2.24, 2.45) is 11.8 Å². The second-order valence-corrected chi connectivity index (χ2v) is 5.34. The Bertz CT molecular complexity index is 433. The largest absolute Gasteiger partial charge is 0.504 e. The van der Waals surface area contributed by atoms with Gasteiger partial charge in [0.15, 0.2) is 11.5 Å². The number of phenolic OH excluding ortho intramolecular Hbond substituents is 3. The highest BCUT2D eigenvalue weighted by atomic mass is 16.3. The van der Waals surface area contributed by atoms with Gasteiger partial charge in [0, 0.05) is 18.2 Å². The Labute approximate surface area is 107 Å². The van der Waals surface area contributed by atoms with Crippen molar-refractivity contribution < 1.29 is 15.3 Å². The van der Waals surface area contributed by atoms with Crippen molar-refractivity contribution in [1.82, 2.24) is 5.32 Å². The molecule has 1 aliphatic rings. The van der Waals surface area contributed by atoms with E-state index in [0.717, 1.165) is 12.3 Å². The maximum atomic E-state index is 9.72. The molecule has 18 heavy (non-hydrogen) atoms. The summed E-state index contributed by atoms with van der Waals surface area (Å²) in [6.07, 6.45) is 2.37. The smallest absolute Gasteiger partial charge is 0.200 e. The van der Waals surface area contributed by atoms with Crippen molar-refractivity contribution >= 4 is 0 Å². The molecule has 1 aromatic carbocycles. The molecule has 4 heteroatoms. The summed E-state index contributed by atoms with van der Waals surface area (Å²) in [6, 6.07) is 3.48. The lowest BCUT2D eigenvalue weighted by atomic mass is 9.97. The number of nitrogens with one attached hydrogen (secondary N) is 1. The van der Waals surface area contributed by atoms with Crippen LogP contribution in [0.1, 0.15) is 32.3 Å². The maximum Gasteiger partial charge on any atom is 0.200 e. The first-order chi connectivity index (χ1) is 8.50. The summed E-state index contributed by atoms with van der Waals surface area (Å²) in [5.41, 5.74) is 0.608. The lowest BCUT2D eigenvalue weighted by Crippen LogP contribution is -2.31. The van der Waals surface area contributed by atoms with Crippen LogP contribution in [0.4, 0.5) is 0 Å². The van der Waals surface area contributed by atoms with Crippen LogP contribution in [0.3, 0.4) is 0 Å². The molecule has 1 aliphatic carbocycles. The van der Waals surface area contributed by atoms with Crippen LogP contribution >= 0.6 is 0 Å². The molecule has 1 saturated carbocycles. The van der Waals surface area contributed by atoms with Gasteiger partial charge < -0.3 is 20.6 Å². The highest BCUT2D eigenvalue weighted by Gasteiger charge is 2.29. The van der Waals surface area contributed by atoms with E-state index in [2.05, 4.69) is 19.2 Å². The van der Waals surface area contributed by atoms with Crippen LogP contribution in [0.15, 0.2) is 12.1 Å². The summed E-state index contributed by atoms with van der Waals surface area (Å²) in [4.78, 5) is 0. The molecule has 3 unspecified atom stereocenters. The van der Waals surface area contributed by atoms with E-state index < -0.39 is 5.75 Å². The molecule has 0 saturated heterocycles. The van der Waals surface area contributed by atoms with Gasteiger partial charge in [-0.15, -0.1) is 0 Å². The van der Waals surface area contributed by atoms with E-state index >= 15 is 0 Å². The van der Waals surface area contributed by atoms with E-state index in [9.17, 15) is 15.3 Å². The fourth-order valence-electron chi connectivity index (χ4n) is 2.65. The van der Waals surface area contributed by atoms with Gasteiger partial charge in [-0.1, -0.05) is 19.9 Å². The number of aromatic hydroxyl groups is 3. The van der Waals surface area contributed by atoms with Gasteiger partial charge in [0.05, 0.1) is 0 Å². The van der Waals surface area contributed by atoms with Crippen molar-refractivity contribution in [3.8, 4) is 17.2 Å². The summed E-state index contributed by atoms with van der Waals surface area (Å²) >= 11 is 0. The number of rotatable bonds is 3. The zero-order chi connectivity index (χ0) is 13.3. The van der Waals surface area contributed by atoms with E-state index in [4.69, 9.17) is 0 Å². The first-order valence-corrected chi connectivity index (χ1v) is 6.47. The number of hydrogen-bond donors (Lipinski definition) is 4. The van der Waals surface area contributed by atoms with Crippen LogP contribution < -0.4 is 5.32 Å². The van der Waals surface area contributed by atoms with Crippen molar-refractivity contribution in [2.75, 3.05) is 0 Å². The third kappa shape index (κ3) is 2.38. The molecule has 0 amide bonds. The first kappa shape index (κ1) is 13.0. The highest BCUT2D eigenvalue weighted by Crippen LogP contribution is 2.37. The number of hydrogen-bond acceptors (Lipinski definition) is 4. The molecule has 100 valence electrons. The maximum absolute atomic E-state index is 9.72. The quantitative estimate of drug-likeness (QED) is 0.622. The fourth-order valence-corrected chi connectivity index (χ4v) is 2.65. The van der Waals surface area contributed by atoms with Gasteiger partial charge in [-0.3, -0.25) is 0 Å². The summed E-state index contributed by atoms with van der Waals surface area (Å²) in [7, 11) is 0. The Morgan fingerprint density at radius 2 is 1.83 bits per heavy atom. The normalized spacial score (nSPS) is 27.6. The summed E-state index contributed by atoms with van der Waals surface area (Å²) in [5.74, 6) is 0.379. The zero-order valence-electron chi connectivity index (χ0n) is 10.8. The third-order valence-corrected chi connectivity index (χ3v) is 4.23. The summed E-state index contributed by atoms with van der Waals surface area (Å²) < 4.78 is 0. The van der Waals surface area contributed by atoms with E-state index in [0.29, 0.717) is 24.1 Å². The standard InChI is InChI=1S/C14H21NO3/c1-8-3-5-11(9(8)2)15-7-10-4-6-12(16)14(18)13(10)17/h4,6,8-9,11,15-18H,3,5,7H2,1-2H3. The molecule has 0 aliphatic heterocycles. The average molecular weight is 251 g/mol. The van der Waals surface area contributed by atoms with Gasteiger partial charge in [-0.25, -0.2) is 0 Å². The molecular weight excluding hydrogens is 230 g/mol. The van der Waals surface area contributed by atoms with Crippen LogP contribution in [-0.2, 0) is 6.54 Å². The van der Waals surface area contributed by atoms with Gasteiger partial charge in [-0.2, -0.15) is 0 Å². The summed E-state index contributed by atoms with van der Waals surface area (Å²) in [5, 5.41) is 31.8. The lowest BCUT2D eigenvalue weighted by molar-refractivity contribution is 0.353. The Hall–Kier alpha value is -1.42. The highest BCUT2D eigenvalue weighted by molar-refractivity contribution is 5.53. The number of phenols is 3. The fraction of sp³-hybridized carbons (Fsp3) is 0.571. The predicted octanol–water partition coefficient (Wildman–Crippen LogP) is 2.33.